The average molecular weight is 355 g/mol. The van der Waals surface area contributed by atoms with Crippen LogP contribution in [0.5, 0.6) is 11.5 Å². The van der Waals surface area contributed by atoms with Gasteiger partial charge in [-0.15, -0.1) is 0 Å². The fourth-order valence-corrected chi connectivity index (χ4v) is 2.96. The normalized spacial score (nSPS) is 16.5. The number of pyridine rings is 1. The molecule has 2 amide bonds. The molecule has 2 heterocycles. The number of aryl methyl sites for hydroxylation is 1. The molecule has 0 spiro atoms. The first-order valence-corrected chi connectivity index (χ1v) is 8.28. The van der Waals surface area contributed by atoms with E-state index < -0.39 is 5.92 Å². The van der Waals surface area contributed by atoms with E-state index in [4.69, 9.17) is 9.47 Å². The number of ether oxygens (including phenoxy) is 2. The first-order chi connectivity index (χ1) is 12.5. The molecule has 1 fully saturated rings. The molecule has 7 nitrogen and oxygen atoms in total. The Hall–Kier alpha value is -3.09. The summed E-state index contributed by atoms with van der Waals surface area (Å²) in [6.45, 7) is 2.14. The van der Waals surface area contributed by atoms with Gasteiger partial charge in [0.25, 0.3) is 0 Å². The van der Waals surface area contributed by atoms with Crippen molar-refractivity contribution in [3.8, 4) is 11.5 Å². The van der Waals surface area contributed by atoms with Crippen LogP contribution in [0.3, 0.4) is 0 Å². The van der Waals surface area contributed by atoms with E-state index in [9.17, 15) is 9.59 Å². The third-order valence-electron chi connectivity index (χ3n) is 4.31. The second kappa shape index (κ2) is 7.43. The van der Waals surface area contributed by atoms with E-state index in [0.29, 0.717) is 29.5 Å². The average Bonchev–Trinajstić information content (AvgIpc) is 3.03. The zero-order valence-corrected chi connectivity index (χ0v) is 15.0. The van der Waals surface area contributed by atoms with Gasteiger partial charge in [0.2, 0.25) is 11.8 Å². The lowest BCUT2D eigenvalue weighted by molar-refractivity contribution is -0.122. The summed E-state index contributed by atoms with van der Waals surface area (Å²) >= 11 is 0. The Balaban J connectivity index is 1.75. The highest BCUT2D eigenvalue weighted by molar-refractivity contribution is 6.04. The predicted octanol–water partition coefficient (Wildman–Crippen LogP) is 2.40. The van der Waals surface area contributed by atoms with Crippen molar-refractivity contribution in [2.24, 2.45) is 5.92 Å². The lowest BCUT2D eigenvalue weighted by atomic mass is 10.1. The zero-order chi connectivity index (χ0) is 18.7. The molecule has 1 saturated heterocycles. The number of carbonyl (C=O) groups is 2. The van der Waals surface area contributed by atoms with E-state index in [-0.39, 0.29) is 18.2 Å². The lowest BCUT2D eigenvalue weighted by Crippen LogP contribution is -2.28. The van der Waals surface area contributed by atoms with Crippen molar-refractivity contribution in [3.63, 3.8) is 0 Å². The van der Waals surface area contributed by atoms with Crippen LogP contribution >= 0.6 is 0 Å². The Kier molecular flexibility index (Phi) is 5.06. The number of aromatic nitrogens is 1. The van der Waals surface area contributed by atoms with Gasteiger partial charge in [-0.2, -0.15) is 0 Å². The number of nitrogens with zero attached hydrogens (tertiary/aromatic N) is 2. The minimum absolute atomic E-state index is 0.120. The van der Waals surface area contributed by atoms with Gasteiger partial charge in [0, 0.05) is 24.7 Å². The molecule has 1 aromatic heterocycles. The number of benzene rings is 1. The molecule has 1 N–H and O–H groups in total. The number of hydrogen-bond donors (Lipinski definition) is 1. The summed E-state index contributed by atoms with van der Waals surface area (Å²) in [5, 5.41) is 2.78. The summed E-state index contributed by atoms with van der Waals surface area (Å²) in [5.74, 6) is 0.868. The van der Waals surface area contributed by atoms with E-state index in [0.717, 1.165) is 5.69 Å². The SMILES string of the molecule is COc1ccc(N2C[C@H](C(=O)Nc3cccc(C)n3)CC2=O)c(OC)c1. The molecule has 1 aliphatic heterocycles. The number of amides is 2. The first kappa shape index (κ1) is 17.7. The quantitative estimate of drug-likeness (QED) is 0.891. The van der Waals surface area contributed by atoms with Crippen molar-refractivity contribution in [1.82, 2.24) is 4.98 Å². The molecular weight excluding hydrogens is 334 g/mol. The smallest absolute Gasteiger partial charge is 0.230 e. The Morgan fingerprint density at radius 3 is 2.73 bits per heavy atom. The topological polar surface area (TPSA) is 80.8 Å². The van der Waals surface area contributed by atoms with Crippen LogP contribution in [-0.4, -0.2) is 37.6 Å². The molecule has 2 aromatic rings. The second-order valence-corrected chi connectivity index (χ2v) is 6.10. The summed E-state index contributed by atoms with van der Waals surface area (Å²) < 4.78 is 10.6. The van der Waals surface area contributed by atoms with E-state index in [1.54, 1.807) is 36.3 Å². The molecule has 0 radical (unpaired) electrons. The molecule has 1 aromatic carbocycles. The second-order valence-electron chi connectivity index (χ2n) is 6.10. The standard InChI is InChI=1S/C19H21N3O4/c1-12-5-4-6-17(20-12)21-19(24)13-9-18(23)22(11-13)15-8-7-14(25-2)10-16(15)26-3/h4-8,10,13H,9,11H2,1-3H3,(H,20,21,24)/t13-/m1/s1. The summed E-state index contributed by atoms with van der Waals surface area (Å²) in [7, 11) is 3.10. The third kappa shape index (κ3) is 3.61. The first-order valence-electron chi connectivity index (χ1n) is 8.28. The molecule has 0 bridgehead atoms. The number of nitrogens with one attached hydrogen (secondary N) is 1. The highest BCUT2D eigenvalue weighted by atomic mass is 16.5. The van der Waals surface area contributed by atoms with Crippen LogP contribution in [0.1, 0.15) is 12.1 Å². The van der Waals surface area contributed by atoms with E-state index in [2.05, 4.69) is 10.3 Å². The Bertz CT molecular complexity index is 837. The molecule has 1 atom stereocenters. The van der Waals surface area contributed by atoms with Gasteiger partial charge >= 0.3 is 0 Å². The number of rotatable bonds is 5. The summed E-state index contributed by atoms with van der Waals surface area (Å²) in [6, 6.07) is 10.6. The van der Waals surface area contributed by atoms with Gasteiger partial charge in [0.05, 0.1) is 25.8 Å². The summed E-state index contributed by atoms with van der Waals surface area (Å²) in [4.78, 5) is 30.8. The van der Waals surface area contributed by atoms with Crippen molar-refractivity contribution >= 4 is 23.3 Å². The van der Waals surface area contributed by atoms with Crippen LogP contribution in [0.25, 0.3) is 0 Å². The number of methoxy groups -OCH3 is 2. The van der Waals surface area contributed by atoms with Crippen molar-refractivity contribution < 1.29 is 19.1 Å². The summed E-state index contributed by atoms with van der Waals surface area (Å²) in [5.41, 5.74) is 1.44. The molecule has 0 unspecified atom stereocenters. The maximum absolute atomic E-state index is 12.5. The van der Waals surface area contributed by atoms with Gasteiger partial charge in [-0.05, 0) is 31.2 Å². The van der Waals surface area contributed by atoms with Gasteiger partial charge in [0.1, 0.15) is 17.3 Å². The highest BCUT2D eigenvalue weighted by Crippen LogP contribution is 2.35. The van der Waals surface area contributed by atoms with E-state index >= 15 is 0 Å². The maximum atomic E-state index is 12.5. The number of anilines is 2. The van der Waals surface area contributed by atoms with Crippen molar-refractivity contribution in [2.75, 3.05) is 31.0 Å². The van der Waals surface area contributed by atoms with E-state index in [1.165, 1.54) is 7.11 Å². The molecular formula is C19H21N3O4. The van der Waals surface area contributed by atoms with E-state index in [1.807, 2.05) is 19.1 Å². The van der Waals surface area contributed by atoms with Crippen LogP contribution in [0.15, 0.2) is 36.4 Å². The van der Waals surface area contributed by atoms with Gasteiger partial charge in [-0.1, -0.05) is 6.07 Å². The van der Waals surface area contributed by atoms with Gasteiger partial charge in [-0.3, -0.25) is 9.59 Å². The summed E-state index contributed by atoms with van der Waals surface area (Å²) in [6.07, 6.45) is 0.146. The van der Waals surface area contributed by atoms with Crippen molar-refractivity contribution in [1.29, 1.82) is 0 Å². The van der Waals surface area contributed by atoms with Crippen LogP contribution in [0, 0.1) is 12.8 Å². The number of carbonyl (C=O) groups excluding carboxylic acids is 2. The fourth-order valence-electron chi connectivity index (χ4n) is 2.96. The molecule has 7 heteroatoms. The Morgan fingerprint density at radius 2 is 2.04 bits per heavy atom. The van der Waals surface area contributed by atoms with Gasteiger partial charge in [0.15, 0.2) is 0 Å². The Labute approximate surface area is 151 Å². The molecule has 136 valence electrons. The largest absolute Gasteiger partial charge is 0.497 e. The molecule has 26 heavy (non-hydrogen) atoms. The van der Waals surface area contributed by atoms with Crippen LogP contribution in [0.2, 0.25) is 0 Å². The lowest BCUT2D eigenvalue weighted by Gasteiger charge is -2.20. The van der Waals surface area contributed by atoms with Crippen LogP contribution in [0.4, 0.5) is 11.5 Å². The minimum atomic E-state index is -0.448. The molecule has 3 rings (SSSR count). The predicted molar refractivity (Wildman–Crippen MR) is 97.6 cm³/mol. The van der Waals surface area contributed by atoms with Crippen LogP contribution < -0.4 is 19.7 Å². The number of hydrogen-bond acceptors (Lipinski definition) is 5. The molecule has 1 aliphatic rings. The monoisotopic (exact) mass is 355 g/mol. The molecule has 0 saturated carbocycles. The highest BCUT2D eigenvalue weighted by Gasteiger charge is 2.36. The van der Waals surface area contributed by atoms with Gasteiger partial charge in [-0.25, -0.2) is 4.98 Å². The van der Waals surface area contributed by atoms with Crippen molar-refractivity contribution in [3.05, 3.63) is 42.1 Å². The zero-order valence-electron chi connectivity index (χ0n) is 15.0. The Morgan fingerprint density at radius 1 is 1.23 bits per heavy atom. The third-order valence-corrected chi connectivity index (χ3v) is 4.31. The molecule has 0 aliphatic carbocycles. The van der Waals surface area contributed by atoms with Gasteiger partial charge < -0.3 is 19.7 Å². The maximum Gasteiger partial charge on any atom is 0.230 e. The van der Waals surface area contributed by atoms with Crippen LogP contribution in [-0.2, 0) is 9.59 Å². The fraction of sp³-hybridized carbons (Fsp3) is 0.316. The minimum Gasteiger partial charge on any atom is -0.497 e. The van der Waals surface area contributed by atoms with Crippen molar-refractivity contribution in [2.45, 2.75) is 13.3 Å².